The highest BCUT2D eigenvalue weighted by Crippen LogP contribution is 2.32. The van der Waals surface area contributed by atoms with Gasteiger partial charge in [-0.25, -0.2) is 8.78 Å². The summed E-state index contributed by atoms with van der Waals surface area (Å²) in [6, 6.07) is 12.5. The van der Waals surface area contributed by atoms with Gasteiger partial charge in [-0.05, 0) is 68.8 Å². The van der Waals surface area contributed by atoms with E-state index in [4.69, 9.17) is 4.74 Å². The van der Waals surface area contributed by atoms with Gasteiger partial charge in [0.2, 0.25) is 0 Å². The van der Waals surface area contributed by atoms with E-state index in [1.165, 1.54) is 12.1 Å². The van der Waals surface area contributed by atoms with Crippen molar-refractivity contribution in [3.8, 4) is 22.7 Å². The maximum Gasteiger partial charge on any atom is 0.255 e. The Hall–Kier alpha value is -3.15. The van der Waals surface area contributed by atoms with Crippen molar-refractivity contribution in [2.45, 2.75) is 20.8 Å². The Morgan fingerprint density at radius 2 is 1.69 bits per heavy atom. The van der Waals surface area contributed by atoms with Crippen molar-refractivity contribution in [3.63, 3.8) is 0 Å². The average Bonchev–Trinajstić information content (AvgIpc) is 3.06. The second-order valence-electron chi connectivity index (χ2n) is 6.67. The van der Waals surface area contributed by atoms with Gasteiger partial charge in [0.25, 0.3) is 5.91 Å². The first-order valence-electron chi connectivity index (χ1n) is 9.52. The lowest BCUT2D eigenvalue weighted by Crippen LogP contribution is -2.30. The fraction of sp³-hybridized carbons (Fsp3) is 0.261. The van der Waals surface area contributed by atoms with Crippen molar-refractivity contribution >= 4 is 5.91 Å². The minimum atomic E-state index is -0.694. The molecule has 152 valence electrons. The van der Waals surface area contributed by atoms with Gasteiger partial charge in [0.15, 0.2) is 0 Å². The van der Waals surface area contributed by atoms with E-state index in [0.717, 1.165) is 11.6 Å². The minimum absolute atomic E-state index is 0.122. The number of benzene rings is 2. The fourth-order valence-corrected chi connectivity index (χ4v) is 3.45. The minimum Gasteiger partial charge on any atom is -0.497 e. The van der Waals surface area contributed by atoms with E-state index < -0.39 is 11.6 Å². The summed E-state index contributed by atoms with van der Waals surface area (Å²) >= 11 is 0. The maximum absolute atomic E-state index is 14.7. The van der Waals surface area contributed by atoms with Crippen LogP contribution in [0.25, 0.3) is 16.9 Å². The molecule has 3 aromatic rings. The highest BCUT2D eigenvalue weighted by molar-refractivity contribution is 5.97. The number of methoxy groups -OCH3 is 1. The molecule has 0 aliphatic carbocycles. The van der Waals surface area contributed by atoms with Crippen molar-refractivity contribution in [1.82, 2.24) is 9.47 Å². The number of amides is 1. The lowest BCUT2D eigenvalue weighted by molar-refractivity contribution is 0.0772. The monoisotopic (exact) mass is 398 g/mol. The second-order valence-corrected chi connectivity index (χ2v) is 6.67. The molecule has 0 aliphatic heterocycles. The zero-order valence-corrected chi connectivity index (χ0v) is 17.0. The number of carbonyl (C=O) groups is 1. The molecule has 3 rings (SSSR count). The molecule has 0 fully saturated rings. The van der Waals surface area contributed by atoms with Crippen LogP contribution in [0.3, 0.4) is 0 Å². The van der Waals surface area contributed by atoms with E-state index in [1.807, 2.05) is 26.0 Å². The molecule has 0 N–H and O–H groups in total. The molecule has 6 heteroatoms. The maximum atomic E-state index is 14.7. The number of halogens is 2. The van der Waals surface area contributed by atoms with E-state index in [-0.39, 0.29) is 11.6 Å². The lowest BCUT2D eigenvalue weighted by atomic mass is 10.1. The van der Waals surface area contributed by atoms with E-state index in [2.05, 4.69) is 0 Å². The first-order chi connectivity index (χ1) is 13.9. The molecule has 0 saturated heterocycles. The fourth-order valence-electron chi connectivity index (χ4n) is 3.45. The molecular weight excluding hydrogens is 374 g/mol. The lowest BCUT2D eigenvalue weighted by Gasteiger charge is -2.18. The third kappa shape index (κ3) is 3.88. The van der Waals surface area contributed by atoms with Crippen LogP contribution in [0.1, 0.15) is 29.9 Å². The molecule has 2 aromatic carbocycles. The molecular formula is C23H24F2N2O2. The molecule has 0 radical (unpaired) electrons. The predicted molar refractivity (Wildman–Crippen MR) is 110 cm³/mol. The summed E-state index contributed by atoms with van der Waals surface area (Å²) in [5.41, 5.74) is 2.71. The Kier molecular flexibility index (Phi) is 6.01. The summed E-state index contributed by atoms with van der Waals surface area (Å²) < 4.78 is 35.0. The quantitative estimate of drug-likeness (QED) is 0.570. The van der Waals surface area contributed by atoms with Gasteiger partial charge in [0, 0.05) is 24.8 Å². The van der Waals surface area contributed by atoms with Crippen molar-refractivity contribution in [3.05, 3.63) is 71.4 Å². The standard InChI is InChI=1S/C23H24F2N2O2/c1-5-26(6-2)23(28)19-14-22(16-7-10-18(29-4)11-8-16)27(15(19)3)21-12-9-17(24)13-20(21)25/h7-14H,5-6H2,1-4H3. The zero-order chi connectivity index (χ0) is 21.1. The topological polar surface area (TPSA) is 34.5 Å². The van der Waals surface area contributed by atoms with E-state index in [1.54, 1.807) is 41.7 Å². The summed E-state index contributed by atoms with van der Waals surface area (Å²) in [5, 5.41) is 0. The van der Waals surface area contributed by atoms with Crippen LogP contribution in [-0.4, -0.2) is 35.6 Å². The number of nitrogens with zero attached hydrogens (tertiary/aromatic N) is 2. The van der Waals surface area contributed by atoms with Crippen LogP contribution in [0.5, 0.6) is 5.75 Å². The first kappa shape index (κ1) is 20.6. The van der Waals surface area contributed by atoms with Crippen LogP contribution in [-0.2, 0) is 0 Å². The van der Waals surface area contributed by atoms with Gasteiger partial charge in [-0.15, -0.1) is 0 Å². The van der Waals surface area contributed by atoms with Crippen molar-refractivity contribution in [2.24, 2.45) is 0 Å². The Bertz CT molecular complexity index is 1020. The average molecular weight is 398 g/mol. The molecule has 0 saturated carbocycles. The number of hydrogen-bond acceptors (Lipinski definition) is 2. The van der Waals surface area contributed by atoms with Crippen molar-refractivity contribution in [2.75, 3.05) is 20.2 Å². The molecule has 4 nitrogen and oxygen atoms in total. The van der Waals surface area contributed by atoms with E-state index in [9.17, 15) is 13.6 Å². The van der Waals surface area contributed by atoms with Crippen LogP contribution in [0, 0.1) is 18.6 Å². The Labute approximate surface area is 169 Å². The van der Waals surface area contributed by atoms with E-state index in [0.29, 0.717) is 35.8 Å². The molecule has 0 spiro atoms. The third-order valence-corrected chi connectivity index (χ3v) is 5.06. The van der Waals surface area contributed by atoms with Crippen LogP contribution in [0.2, 0.25) is 0 Å². The van der Waals surface area contributed by atoms with Gasteiger partial charge in [-0.2, -0.15) is 0 Å². The van der Waals surface area contributed by atoms with Crippen LogP contribution < -0.4 is 4.74 Å². The van der Waals surface area contributed by atoms with Gasteiger partial charge in [-0.3, -0.25) is 4.79 Å². The smallest absolute Gasteiger partial charge is 0.255 e. The molecule has 0 unspecified atom stereocenters. The Balaban J connectivity index is 2.24. The van der Waals surface area contributed by atoms with Crippen LogP contribution in [0.4, 0.5) is 8.78 Å². The highest BCUT2D eigenvalue weighted by atomic mass is 19.1. The zero-order valence-electron chi connectivity index (χ0n) is 17.0. The molecule has 1 amide bonds. The van der Waals surface area contributed by atoms with Crippen LogP contribution in [0.15, 0.2) is 48.5 Å². The summed E-state index contributed by atoms with van der Waals surface area (Å²) in [5.74, 6) is -0.777. The summed E-state index contributed by atoms with van der Waals surface area (Å²) in [6.45, 7) is 6.74. The largest absolute Gasteiger partial charge is 0.497 e. The third-order valence-electron chi connectivity index (χ3n) is 5.06. The molecule has 1 heterocycles. The van der Waals surface area contributed by atoms with Gasteiger partial charge in [0.05, 0.1) is 24.1 Å². The number of ether oxygens (including phenoxy) is 1. The molecule has 29 heavy (non-hydrogen) atoms. The summed E-state index contributed by atoms with van der Waals surface area (Å²) in [7, 11) is 1.58. The second kappa shape index (κ2) is 8.47. The summed E-state index contributed by atoms with van der Waals surface area (Å²) in [4.78, 5) is 14.7. The van der Waals surface area contributed by atoms with Gasteiger partial charge < -0.3 is 14.2 Å². The van der Waals surface area contributed by atoms with Crippen molar-refractivity contribution < 1.29 is 18.3 Å². The molecule has 0 atom stereocenters. The normalized spacial score (nSPS) is 10.8. The first-order valence-corrected chi connectivity index (χ1v) is 9.52. The highest BCUT2D eigenvalue weighted by Gasteiger charge is 2.23. The Morgan fingerprint density at radius 1 is 1.03 bits per heavy atom. The van der Waals surface area contributed by atoms with Crippen LogP contribution >= 0.6 is 0 Å². The van der Waals surface area contributed by atoms with Crippen molar-refractivity contribution in [1.29, 1.82) is 0 Å². The number of rotatable bonds is 6. The number of carbonyl (C=O) groups excluding carboxylic acids is 1. The van der Waals surface area contributed by atoms with Gasteiger partial charge >= 0.3 is 0 Å². The molecule has 0 aliphatic rings. The SMILES string of the molecule is CCN(CC)C(=O)c1cc(-c2ccc(OC)cc2)n(-c2ccc(F)cc2F)c1C. The van der Waals surface area contributed by atoms with Gasteiger partial charge in [-0.1, -0.05) is 0 Å². The summed E-state index contributed by atoms with van der Waals surface area (Å²) in [6.07, 6.45) is 0. The Morgan fingerprint density at radius 3 is 2.24 bits per heavy atom. The number of aromatic nitrogens is 1. The predicted octanol–water partition coefficient (Wildman–Crippen LogP) is 5.22. The van der Waals surface area contributed by atoms with Gasteiger partial charge in [0.1, 0.15) is 17.4 Å². The number of hydrogen-bond donors (Lipinski definition) is 0. The molecule has 1 aromatic heterocycles. The molecule has 0 bridgehead atoms. The van der Waals surface area contributed by atoms with E-state index >= 15 is 0 Å².